The van der Waals surface area contributed by atoms with Gasteiger partial charge in [0.1, 0.15) is 5.76 Å². The van der Waals surface area contributed by atoms with Crippen molar-refractivity contribution in [3.63, 3.8) is 0 Å². The third kappa shape index (κ3) is 1.29. The van der Waals surface area contributed by atoms with E-state index in [1.165, 1.54) is 12.2 Å². The van der Waals surface area contributed by atoms with E-state index < -0.39 is 5.97 Å². The maximum Gasteiger partial charge on any atom is 0.372 e. The topological polar surface area (TPSA) is 50.4 Å². The van der Waals surface area contributed by atoms with Gasteiger partial charge in [0.05, 0.1) is 0 Å². The van der Waals surface area contributed by atoms with Crippen LogP contribution in [-0.4, -0.2) is 11.1 Å². The zero-order valence-corrected chi connectivity index (χ0v) is 6.41. The SMILES string of the molecule is C=Cc1cc(C=C)c(C(=O)O)o1. The van der Waals surface area contributed by atoms with Crippen molar-refractivity contribution in [3.8, 4) is 0 Å². The molecule has 0 aromatic carbocycles. The summed E-state index contributed by atoms with van der Waals surface area (Å²) in [6.07, 6.45) is 2.87. The second-order valence-corrected chi connectivity index (χ2v) is 2.15. The van der Waals surface area contributed by atoms with Crippen molar-refractivity contribution in [1.82, 2.24) is 0 Å². The largest absolute Gasteiger partial charge is 0.475 e. The Morgan fingerprint density at radius 3 is 2.50 bits per heavy atom. The number of aromatic carboxylic acids is 1. The van der Waals surface area contributed by atoms with Crippen molar-refractivity contribution in [1.29, 1.82) is 0 Å². The number of carboxylic acid groups (broad SMARTS) is 1. The number of hydrogen-bond acceptors (Lipinski definition) is 2. The van der Waals surface area contributed by atoms with Gasteiger partial charge in [-0.25, -0.2) is 4.79 Å². The van der Waals surface area contributed by atoms with Crippen LogP contribution >= 0.6 is 0 Å². The third-order valence-corrected chi connectivity index (χ3v) is 1.40. The van der Waals surface area contributed by atoms with Gasteiger partial charge in [-0.05, 0) is 12.1 Å². The summed E-state index contributed by atoms with van der Waals surface area (Å²) in [6.45, 7) is 6.92. The summed E-state index contributed by atoms with van der Waals surface area (Å²) in [4.78, 5) is 10.5. The van der Waals surface area contributed by atoms with E-state index in [2.05, 4.69) is 13.2 Å². The van der Waals surface area contributed by atoms with E-state index in [1.807, 2.05) is 0 Å². The maximum atomic E-state index is 10.5. The van der Waals surface area contributed by atoms with Crippen molar-refractivity contribution >= 4 is 18.1 Å². The molecule has 0 aliphatic rings. The number of carbonyl (C=O) groups is 1. The fraction of sp³-hybridized carbons (Fsp3) is 0. The second kappa shape index (κ2) is 3.09. The fourth-order valence-electron chi connectivity index (χ4n) is 0.844. The minimum absolute atomic E-state index is 0.0973. The molecule has 1 heterocycles. The predicted octanol–water partition coefficient (Wildman–Crippen LogP) is 2.26. The molecule has 0 saturated carbocycles. The Hall–Kier alpha value is -1.77. The molecule has 1 aromatic rings. The van der Waals surface area contributed by atoms with Gasteiger partial charge in [0.25, 0.3) is 0 Å². The van der Waals surface area contributed by atoms with Gasteiger partial charge < -0.3 is 9.52 Å². The molecule has 0 saturated heterocycles. The smallest absolute Gasteiger partial charge is 0.372 e. The molecule has 0 spiro atoms. The van der Waals surface area contributed by atoms with Gasteiger partial charge in [-0.3, -0.25) is 0 Å². The minimum Gasteiger partial charge on any atom is -0.475 e. The molecule has 0 radical (unpaired) electrons. The summed E-state index contributed by atoms with van der Waals surface area (Å²) in [7, 11) is 0. The summed E-state index contributed by atoms with van der Waals surface area (Å²) in [5.74, 6) is -0.764. The van der Waals surface area contributed by atoms with Crippen molar-refractivity contribution in [3.05, 3.63) is 36.3 Å². The molecule has 0 fully saturated rings. The number of rotatable bonds is 3. The molecule has 0 amide bonds. The molecule has 1 rings (SSSR count). The second-order valence-electron chi connectivity index (χ2n) is 2.15. The van der Waals surface area contributed by atoms with E-state index in [9.17, 15) is 4.79 Å². The number of hydrogen-bond donors (Lipinski definition) is 1. The first kappa shape index (κ1) is 8.33. The first-order valence-corrected chi connectivity index (χ1v) is 3.31. The first-order valence-electron chi connectivity index (χ1n) is 3.31. The quantitative estimate of drug-likeness (QED) is 0.745. The van der Waals surface area contributed by atoms with Crippen molar-refractivity contribution in [2.24, 2.45) is 0 Å². The van der Waals surface area contributed by atoms with Crippen LogP contribution in [0, 0.1) is 0 Å². The Labute approximate surface area is 69.6 Å². The molecule has 12 heavy (non-hydrogen) atoms. The molecular weight excluding hydrogens is 156 g/mol. The van der Waals surface area contributed by atoms with E-state index in [4.69, 9.17) is 9.52 Å². The Balaban J connectivity index is 3.25. The molecule has 3 nitrogen and oxygen atoms in total. The molecule has 0 bridgehead atoms. The van der Waals surface area contributed by atoms with Gasteiger partial charge >= 0.3 is 5.97 Å². The molecule has 0 aliphatic heterocycles. The molecule has 1 aromatic heterocycles. The summed E-state index contributed by atoms with van der Waals surface area (Å²) >= 11 is 0. The van der Waals surface area contributed by atoms with E-state index in [0.717, 1.165) is 0 Å². The van der Waals surface area contributed by atoms with E-state index >= 15 is 0 Å². The summed E-state index contributed by atoms with van der Waals surface area (Å²) in [5, 5.41) is 8.63. The van der Waals surface area contributed by atoms with Crippen LogP contribution in [-0.2, 0) is 0 Å². The van der Waals surface area contributed by atoms with Crippen LogP contribution in [0.2, 0.25) is 0 Å². The van der Waals surface area contributed by atoms with E-state index in [1.54, 1.807) is 6.07 Å². The van der Waals surface area contributed by atoms with Crippen molar-refractivity contribution in [2.75, 3.05) is 0 Å². The lowest BCUT2D eigenvalue weighted by Crippen LogP contribution is -1.94. The lowest BCUT2D eigenvalue weighted by molar-refractivity contribution is 0.0661. The predicted molar refractivity (Wildman–Crippen MR) is 45.8 cm³/mol. The highest BCUT2D eigenvalue weighted by Crippen LogP contribution is 2.17. The Morgan fingerprint density at radius 1 is 1.50 bits per heavy atom. The highest BCUT2D eigenvalue weighted by Gasteiger charge is 2.13. The average molecular weight is 164 g/mol. The van der Waals surface area contributed by atoms with Gasteiger partial charge in [0.2, 0.25) is 5.76 Å². The van der Waals surface area contributed by atoms with Crippen LogP contribution in [0.5, 0.6) is 0 Å². The van der Waals surface area contributed by atoms with E-state index in [-0.39, 0.29) is 5.76 Å². The fourth-order valence-corrected chi connectivity index (χ4v) is 0.844. The Bertz CT molecular complexity index is 334. The van der Waals surface area contributed by atoms with Crippen LogP contribution in [0.15, 0.2) is 23.6 Å². The molecule has 3 heteroatoms. The molecule has 0 unspecified atom stereocenters. The minimum atomic E-state index is -1.10. The van der Waals surface area contributed by atoms with Crippen LogP contribution in [0.4, 0.5) is 0 Å². The maximum absolute atomic E-state index is 10.5. The van der Waals surface area contributed by atoms with Crippen LogP contribution in [0.1, 0.15) is 21.9 Å². The first-order chi connectivity index (χ1) is 5.69. The van der Waals surface area contributed by atoms with Gasteiger partial charge in [-0.15, -0.1) is 0 Å². The zero-order chi connectivity index (χ0) is 9.14. The van der Waals surface area contributed by atoms with Crippen LogP contribution in [0.25, 0.3) is 12.2 Å². The average Bonchev–Trinajstić information content (AvgIpc) is 2.47. The van der Waals surface area contributed by atoms with Gasteiger partial charge in [0, 0.05) is 5.56 Å². The highest BCUT2D eigenvalue weighted by atomic mass is 16.4. The third-order valence-electron chi connectivity index (χ3n) is 1.40. The monoisotopic (exact) mass is 164 g/mol. The molecule has 62 valence electrons. The summed E-state index contributed by atoms with van der Waals surface area (Å²) in [5.41, 5.74) is 0.470. The lowest BCUT2D eigenvalue weighted by Gasteiger charge is -1.87. The number of carboxylic acids is 1. The normalized spacial score (nSPS) is 9.33. The number of furan rings is 1. The molecular formula is C9H8O3. The molecule has 0 aliphatic carbocycles. The van der Waals surface area contributed by atoms with Crippen molar-refractivity contribution < 1.29 is 14.3 Å². The zero-order valence-electron chi connectivity index (χ0n) is 6.41. The van der Waals surface area contributed by atoms with Gasteiger partial charge in [0.15, 0.2) is 0 Å². The molecule has 0 atom stereocenters. The van der Waals surface area contributed by atoms with Crippen LogP contribution in [0.3, 0.4) is 0 Å². The van der Waals surface area contributed by atoms with Gasteiger partial charge in [-0.2, -0.15) is 0 Å². The van der Waals surface area contributed by atoms with E-state index in [0.29, 0.717) is 11.3 Å². The summed E-state index contributed by atoms with van der Waals surface area (Å²) in [6, 6.07) is 1.57. The standard InChI is InChI=1S/C9H8O3/c1-3-6-5-7(4-2)12-8(6)9(10)11/h3-5H,1-2H2,(H,10,11). The van der Waals surface area contributed by atoms with Crippen LogP contribution < -0.4 is 0 Å². The van der Waals surface area contributed by atoms with Crippen molar-refractivity contribution in [2.45, 2.75) is 0 Å². The Morgan fingerprint density at radius 2 is 2.17 bits per heavy atom. The van der Waals surface area contributed by atoms with Gasteiger partial charge in [-0.1, -0.05) is 19.2 Å². The summed E-state index contributed by atoms with van der Waals surface area (Å²) < 4.78 is 4.93. The highest BCUT2D eigenvalue weighted by molar-refractivity contribution is 5.89. The lowest BCUT2D eigenvalue weighted by atomic mass is 10.2. The molecule has 1 N–H and O–H groups in total. The Kier molecular flexibility index (Phi) is 2.14.